The van der Waals surface area contributed by atoms with E-state index in [0.717, 1.165) is 26.1 Å². The van der Waals surface area contributed by atoms with E-state index in [1.807, 2.05) is 0 Å². The molecule has 110 valence electrons. The monoisotopic (exact) mass is 294 g/mol. The van der Waals surface area contributed by atoms with Crippen molar-refractivity contribution in [2.24, 2.45) is 0 Å². The van der Waals surface area contributed by atoms with Crippen LogP contribution in [0.2, 0.25) is 0 Å². The second-order valence-corrected chi connectivity index (χ2v) is 11.4. The Kier molecular flexibility index (Phi) is 12.1. The fourth-order valence-corrected chi connectivity index (χ4v) is 8.13. The van der Waals surface area contributed by atoms with Gasteiger partial charge in [-0.25, -0.2) is 0 Å². The molecule has 0 unspecified atom stereocenters. The SMILES string of the molecule is CCCCOP(OCCCC)P(C(C)C)C(C)C. The molecule has 0 fully saturated rings. The summed E-state index contributed by atoms with van der Waals surface area (Å²) >= 11 is 0. The highest BCUT2D eigenvalue weighted by molar-refractivity contribution is 8.26. The molecule has 0 aromatic rings. The van der Waals surface area contributed by atoms with E-state index < -0.39 is 8.06 Å². The first-order chi connectivity index (χ1) is 8.54. The molecule has 0 radical (unpaired) electrons. The van der Waals surface area contributed by atoms with Gasteiger partial charge in [-0.2, -0.15) is 0 Å². The molecular formula is C14H32O2P2. The summed E-state index contributed by atoms with van der Waals surface area (Å²) in [7, 11) is -0.816. The van der Waals surface area contributed by atoms with E-state index in [2.05, 4.69) is 41.5 Å². The summed E-state index contributed by atoms with van der Waals surface area (Å²) in [6.07, 6.45) is 4.68. The van der Waals surface area contributed by atoms with Crippen molar-refractivity contribution in [1.29, 1.82) is 0 Å². The lowest BCUT2D eigenvalue weighted by Crippen LogP contribution is -2.06. The molecule has 0 atom stereocenters. The van der Waals surface area contributed by atoms with Gasteiger partial charge in [0.25, 0.3) is 0 Å². The Morgan fingerprint density at radius 2 is 1.17 bits per heavy atom. The van der Waals surface area contributed by atoms with Crippen molar-refractivity contribution in [3.8, 4) is 0 Å². The minimum Gasteiger partial charge on any atom is -0.331 e. The topological polar surface area (TPSA) is 18.5 Å². The zero-order chi connectivity index (χ0) is 14.0. The van der Waals surface area contributed by atoms with E-state index in [9.17, 15) is 0 Å². The summed E-state index contributed by atoms with van der Waals surface area (Å²) in [5.74, 6) is 0. The molecule has 0 aromatic heterocycles. The van der Waals surface area contributed by atoms with Gasteiger partial charge in [0.1, 0.15) is 0 Å². The van der Waals surface area contributed by atoms with Gasteiger partial charge in [-0.15, -0.1) is 0 Å². The van der Waals surface area contributed by atoms with Crippen LogP contribution in [0.25, 0.3) is 0 Å². The van der Waals surface area contributed by atoms with E-state index in [1.165, 1.54) is 12.8 Å². The molecule has 0 saturated carbocycles. The third kappa shape index (κ3) is 8.05. The van der Waals surface area contributed by atoms with Crippen LogP contribution in [-0.2, 0) is 9.05 Å². The van der Waals surface area contributed by atoms with Crippen molar-refractivity contribution in [2.45, 2.75) is 78.5 Å². The third-order valence-electron chi connectivity index (χ3n) is 2.65. The van der Waals surface area contributed by atoms with E-state index in [4.69, 9.17) is 9.05 Å². The third-order valence-corrected chi connectivity index (χ3v) is 10.5. The summed E-state index contributed by atoms with van der Waals surface area (Å²) in [4.78, 5) is 0. The summed E-state index contributed by atoms with van der Waals surface area (Å²) in [5.41, 5.74) is 1.38. The van der Waals surface area contributed by atoms with Gasteiger partial charge in [0.05, 0.1) is 13.2 Å². The molecule has 0 aromatic carbocycles. The first-order valence-electron chi connectivity index (χ1n) is 7.38. The van der Waals surface area contributed by atoms with Gasteiger partial charge in [0.15, 0.2) is 8.06 Å². The summed E-state index contributed by atoms with van der Waals surface area (Å²) in [6, 6.07) is 0. The average molecular weight is 294 g/mol. The quantitative estimate of drug-likeness (QED) is 0.336. The maximum atomic E-state index is 6.09. The van der Waals surface area contributed by atoms with E-state index in [0.29, 0.717) is 11.3 Å². The standard InChI is InChI=1S/C14H32O2P2/c1-7-9-11-15-18(16-12-10-8-2)17(13(3)4)14(5)6/h13-14H,7-12H2,1-6H3. The molecule has 0 spiro atoms. The Labute approximate surface area is 117 Å². The molecule has 0 aliphatic carbocycles. The maximum Gasteiger partial charge on any atom is 0.195 e. The summed E-state index contributed by atoms with van der Waals surface area (Å²) in [5, 5.41) is 0. The molecule has 0 bridgehead atoms. The van der Waals surface area contributed by atoms with Crippen molar-refractivity contribution in [2.75, 3.05) is 13.2 Å². The molecule has 0 saturated heterocycles. The Morgan fingerprint density at radius 3 is 1.44 bits per heavy atom. The van der Waals surface area contributed by atoms with Crippen LogP contribution in [0.5, 0.6) is 0 Å². The lowest BCUT2D eigenvalue weighted by molar-refractivity contribution is 0.254. The van der Waals surface area contributed by atoms with Crippen molar-refractivity contribution >= 4 is 15.7 Å². The maximum absolute atomic E-state index is 6.09. The highest BCUT2D eigenvalue weighted by Gasteiger charge is 2.29. The molecule has 0 heterocycles. The largest absolute Gasteiger partial charge is 0.331 e. The van der Waals surface area contributed by atoms with Crippen LogP contribution in [0.4, 0.5) is 0 Å². The predicted octanol–water partition coefficient (Wildman–Crippen LogP) is 6.15. The van der Waals surface area contributed by atoms with E-state index >= 15 is 0 Å². The Balaban J connectivity index is 4.38. The van der Waals surface area contributed by atoms with Gasteiger partial charge < -0.3 is 9.05 Å². The van der Waals surface area contributed by atoms with Crippen LogP contribution in [0, 0.1) is 0 Å². The lowest BCUT2D eigenvalue weighted by Gasteiger charge is -2.32. The van der Waals surface area contributed by atoms with E-state index in [1.54, 1.807) is 0 Å². The van der Waals surface area contributed by atoms with Crippen molar-refractivity contribution in [3.05, 3.63) is 0 Å². The zero-order valence-electron chi connectivity index (χ0n) is 13.1. The van der Waals surface area contributed by atoms with Crippen molar-refractivity contribution < 1.29 is 9.05 Å². The minimum atomic E-state index is -0.661. The first kappa shape index (κ1) is 18.8. The normalized spacial score (nSPS) is 12.3. The van der Waals surface area contributed by atoms with Crippen molar-refractivity contribution in [1.82, 2.24) is 0 Å². The van der Waals surface area contributed by atoms with Gasteiger partial charge in [0.2, 0.25) is 0 Å². The summed E-state index contributed by atoms with van der Waals surface area (Å²) < 4.78 is 12.2. The molecule has 18 heavy (non-hydrogen) atoms. The second-order valence-electron chi connectivity index (χ2n) is 5.18. The fraction of sp³-hybridized carbons (Fsp3) is 1.00. The van der Waals surface area contributed by atoms with Crippen LogP contribution < -0.4 is 0 Å². The molecule has 2 nitrogen and oxygen atoms in total. The van der Waals surface area contributed by atoms with Crippen LogP contribution >= 0.6 is 15.7 Å². The zero-order valence-corrected chi connectivity index (χ0v) is 14.9. The van der Waals surface area contributed by atoms with Gasteiger partial charge in [-0.3, -0.25) is 0 Å². The molecule has 0 aliphatic rings. The Morgan fingerprint density at radius 1 is 0.778 bits per heavy atom. The van der Waals surface area contributed by atoms with Crippen molar-refractivity contribution in [3.63, 3.8) is 0 Å². The minimum absolute atomic E-state index is 0.155. The Bertz CT molecular complexity index is 169. The molecule has 0 aliphatic heterocycles. The number of hydrogen-bond donors (Lipinski definition) is 0. The molecule has 0 amide bonds. The van der Waals surface area contributed by atoms with Gasteiger partial charge >= 0.3 is 0 Å². The second kappa shape index (κ2) is 11.6. The van der Waals surface area contributed by atoms with Crippen LogP contribution in [0.15, 0.2) is 0 Å². The van der Waals surface area contributed by atoms with Gasteiger partial charge in [-0.1, -0.05) is 54.4 Å². The average Bonchev–Trinajstić information content (AvgIpc) is 2.28. The first-order valence-corrected chi connectivity index (χ1v) is 10.7. The number of unbranched alkanes of at least 4 members (excludes halogenated alkanes) is 2. The smallest absolute Gasteiger partial charge is 0.195 e. The van der Waals surface area contributed by atoms with E-state index in [-0.39, 0.29) is 7.61 Å². The predicted molar refractivity (Wildman–Crippen MR) is 85.8 cm³/mol. The number of rotatable bonds is 11. The lowest BCUT2D eigenvalue weighted by atomic mass is 10.4. The summed E-state index contributed by atoms with van der Waals surface area (Å²) in [6.45, 7) is 15.4. The number of hydrogen-bond acceptors (Lipinski definition) is 2. The Hall–Kier alpha value is 0.780. The molecule has 0 rings (SSSR count). The highest BCUT2D eigenvalue weighted by atomic mass is 32.1. The fourth-order valence-electron chi connectivity index (χ4n) is 1.72. The molecule has 0 N–H and O–H groups in total. The van der Waals surface area contributed by atoms with Gasteiger partial charge in [0, 0.05) is 0 Å². The van der Waals surface area contributed by atoms with Crippen LogP contribution in [-0.4, -0.2) is 24.5 Å². The molecule has 4 heteroatoms. The van der Waals surface area contributed by atoms with Crippen LogP contribution in [0.1, 0.15) is 67.2 Å². The van der Waals surface area contributed by atoms with Gasteiger partial charge in [-0.05, 0) is 31.8 Å². The molecular weight excluding hydrogens is 262 g/mol. The highest BCUT2D eigenvalue weighted by Crippen LogP contribution is 2.74. The van der Waals surface area contributed by atoms with Crippen LogP contribution in [0.3, 0.4) is 0 Å².